The molecule has 1 fully saturated rings. The highest BCUT2D eigenvalue weighted by Crippen LogP contribution is 2.15. The normalized spacial score (nSPS) is 20.0. The van der Waals surface area contributed by atoms with Gasteiger partial charge in [-0.25, -0.2) is 13.1 Å². The van der Waals surface area contributed by atoms with Crippen molar-refractivity contribution in [1.82, 2.24) is 14.9 Å². The second-order valence-electron chi connectivity index (χ2n) is 5.69. The highest BCUT2D eigenvalue weighted by atomic mass is 32.2. The van der Waals surface area contributed by atoms with Crippen LogP contribution < -0.4 is 10.0 Å². The Hall–Kier alpha value is -0.950. The molecule has 5 nitrogen and oxygen atoms in total. The zero-order valence-corrected chi connectivity index (χ0v) is 13.6. The van der Waals surface area contributed by atoms with Crippen molar-refractivity contribution < 1.29 is 8.42 Å². The number of hydrogen-bond donors (Lipinski definition) is 2. The maximum atomic E-state index is 12.3. The number of likely N-dealkylation sites (tertiary alicyclic amines) is 1. The molecule has 118 valence electrons. The molecule has 0 bridgehead atoms. The van der Waals surface area contributed by atoms with Gasteiger partial charge in [0.25, 0.3) is 0 Å². The van der Waals surface area contributed by atoms with Gasteiger partial charge < -0.3 is 10.2 Å². The molecule has 1 aliphatic rings. The van der Waals surface area contributed by atoms with Crippen molar-refractivity contribution in [3.05, 3.63) is 29.8 Å². The van der Waals surface area contributed by atoms with E-state index in [1.165, 1.54) is 0 Å². The third kappa shape index (κ3) is 4.78. The first-order valence-electron chi connectivity index (χ1n) is 7.49. The van der Waals surface area contributed by atoms with E-state index in [0.29, 0.717) is 17.4 Å². The molecule has 0 spiro atoms. The van der Waals surface area contributed by atoms with Gasteiger partial charge in [-0.2, -0.15) is 0 Å². The van der Waals surface area contributed by atoms with Gasteiger partial charge in [0.05, 0.1) is 4.90 Å². The number of benzene rings is 1. The second kappa shape index (κ2) is 7.35. The van der Waals surface area contributed by atoms with Crippen LogP contribution in [0.25, 0.3) is 0 Å². The molecule has 0 aromatic heterocycles. The van der Waals surface area contributed by atoms with E-state index in [2.05, 4.69) is 22.0 Å². The zero-order valence-electron chi connectivity index (χ0n) is 12.8. The minimum Gasteiger partial charge on any atom is -0.313 e. The van der Waals surface area contributed by atoms with Gasteiger partial charge >= 0.3 is 0 Å². The molecule has 0 saturated carbocycles. The Balaban J connectivity index is 1.92. The summed E-state index contributed by atoms with van der Waals surface area (Å²) in [6, 6.07) is 7.08. The first kappa shape index (κ1) is 16.4. The van der Waals surface area contributed by atoms with Gasteiger partial charge in [0.15, 0.2) is 0 Å². The van der Waals surface area contributed by atoms with Crippen LogP contribution in [0.2, 0.25) is 0 Å². The summed E-state index contributed by atoms with van der Waals surface area (Å²) in [7, 11) is -1.32. The van der Waals surface area contributed by atoms with Crippen LogP contribution in [0.3, 0.4) is 0 Å². The van der Waals surface area contributed by atoms with Gasteiger partial charge in [0, 0.05) is 19.6 Å². The quantitative estimate of drug-likeness (QED) is 0.789. The Labute approximate surface area is 127 Å². The summed E-state index contributed by atoms with van der Waals surface area (Å²) in [6.07, 6.45) is 1.06. The van der Waals surface area contributed by atoms with E-state index in [1.807, 2.05) is 19.1 Å². The molecule has 0 radical (unpaired) electrons. The highest BCUT2D eigenvalue weighted by molar-refractivity contribution is 7.89. The molecule has 6 heteroatoms. The van der Waals surface area contributed by atoms with Crippen molar-refractivity contribution in [3.63, 3.8) is 0 Å². The van der Waals surface area contributed by atoms with Gasteiger partial charge in [-0.05, 0) is 50.2 Å². The van der Waals surface area contributed by atoms with Gasteiger partial charge in [-0.1, -0.05) is 19.1 Å². The van der Waals surface area contributed by atoms with E-state index in [0.717, 1.165) is 38.2 Å². The van der Waals surface area contributed by atoms with Crippen LogP contribution in [-0.4, -0.2) is 46.5 Å². The second-order valence-corrected chi connectivity index (χ2v) is 7.46. The first-order valence-corrected chi connectivity index (χ1v) is 8.97. The van der Waals surface area contributed by atoms with Crippen molar-refractivity contribution in [1.29, 1.82) is 0 Å². The Bertz CT molecular complexity index is 543. The molecule has 1 saturated heterocycles. The molecule has 1 aromatic rings. The van der Waals surface area contributed by atoms with Crippen molar-refractivity contribution in [2.75, 3.05) is 33.2 Å². The van der Waals surface area contributed by atoms with Crippen molar-refractivity contribution in [3.8, 4) is 0 Å². The lowest BCUT2D eigenvalue weighted by Gasteiger charge is -2.12. The van der Waals surface area contributed by atoms with Crippen LogP contribution in [0.4, 0.5) is 0 Å². The Morgan fingerprint density at radius 1 is 1.29 bits per heavy atom. The van der Waals surface area contributed by atoms with Crippen LogP contribution in [0.1, 0.15) is 18.9 Å². The molecular weight excluding hydrogens is 286 g/mol. The zero-order chi connectivity index (χ0) is 15.3. The maximum absolute atomic E-state index is 12.3. The number of nitrogens with one attached hydrogen (secondary N) is 2. The number of hydrogen-bond acceptors (Lipinski definition) is 4. The summed E-state index contributed by atoms with van der Waals surface area (Å²) in [5, 5.41) is 3.22. The van der Waals surface area contributed by atoms with Gasteiger partial charge in [-0.15, -0.1) is 0 Å². The summed E-state index contributed by atoms with van der Waals surface area (Å²) in [6.45, 7) is 6.24. The molecule has 2 N–H and O–H groups in total. The average Bonchev–Trinajstić information content (AvgIpc) is 2.89. The molecule has 1 aromatic carbocycles. The van der Waals surface area contributed by atoms with E-state index in [1.54, 1.807) is 12.1 Å². The van der Waals surface area contributed by atoms with E-state index in [9.17, 15) is 8.42 Å². The number of sulfonamides is 1. The van der Waals surface area contributed by atoms with Crippen molar-refractivity contribution in [2.45, 2.75) is 24.8 Å². The third-order valence-corrected chi connectivity index (χ3v) is 5.30. The lowest BCUT2D eigenvalue weighted by atomic mass is 10.1. The van der Waals surface area contributed by atoms with Crippen molar-refractivity contribution in [2.24, 2.45) is 5.92 Å². The van der Waals surface area contributed by atoms with Gasteiger partial charge in [0.1, 0.15) is 0 Å². The average molecular weight is 311 g/mol. The lowest BCUT2D eigenvalue weighted by molar-refractivity contribution is 0.394. The summed E-state index contributed by atoms with van der Waals surface area (Å²) in [5.74, 6) is 0.415. The predicted molar refractivity (Wildman–Crippen MR) is 84.6 cm³/mol. The summed E-state index contributed by atoms with van der Waals surface area (Å²) >= 11 is 0. The molecule has 0 amide bonds. The number of rotatable bonds is 7. The van der Waals surface area contributed by atoms with Crippen LogP contribution >= 0.6 is 0 Å². The molecule has 0 aliphatic carbocycles. The topological polar surface area (TPSA) is 61.4 Å². The Morgan fingerprint density at radius 2 is 2.00 bits per heavy atom. The first-order chi connectivity index (χ1) is 10.0. The Kier molecular flexibility index (Phi) is 5.75. The summed E-state index contributed by atoms with van der Waals surface area (Å²) in [4.78, 5) is 2.57. The van der Waals surface area contributed by atoms with Crippen LogP contribution in [0, 0.1) is 5.92 Å². The van der Waals surface area contributed by atoms with E-state index in [4.69, 9.17) is 0 Å². The number of nitrogens with zero attached hydrogens (tertiary/aromatic N) is 1. The summed E-state index contributed by atoms with van der Waals surface area (Å²) < 4.78 is 27.2. The fraction of sp³-hybridized carbons (Fsp3) is 0.600. The minimum absolute atomic E-state index is 0.342. The maximum Gasteiger partial charge on any atom is 0.240 e. The van der Waals surface area contributed by atoms with E-state index >= 15 is 0 Å². The third-order valence-electron chi connectivity index (χ3n) is 3.86. The molecule has 1 aliphatic heterocycles. The van der Waals surface area contributed by atoms with Gasteiger partial charge in [-0.3, -0.25) is 0 Å². The fourth-order valence-electron chi connectivity index (χ4n) is 2.56. The fourth-order valence-corrected chi connectivity index (χ4v) is 3.68. The standard InChI is InChI=1S/C15H25N3O2S/c1-3-16-10-13-4-6-15(7-5-13)21(19,20)17-11-14-8-9-18(2)12-14/h4-7,14,16-17H,3,8-12H2,1-2H3. The molecule has 21 heavy (non-hydrogen) atoms. The lowest BCUT2D eigenvalue weighted by Crippen LogP contribution is -2.30. The van der Waals surface area contributed by atoms with Gasteiger partial charge in [0.2, 0.25) is 10.0 Å². The van der Waals surface area contributed by atoms with E-state index < -0.39 is 10.0 Å². The van der Waals surface area contributed by atoms with Crippen LogP contribution in [0.5, 0.6) is 0 Å². The molecule has 1 unspecified atom stereocenters. The largest absolute Gasteiger partial charge is 0.313 e. The Morgan fingerprint density at radius 3 is 2.57 bits per heavy atom. The minimum atomic E-state index is -3.39. The smallest absolute Gasteiger partial charge is 0.240 e. The molecule has 1 atom stereocenters. The SMILES string of the molecule is CCNCc1ccc(S(=O)(=O)NCC2CCN(C)C2)cc1. The van der Waals surface area contributed by atoms with Crippen LogP contribution in [0.15, 0.2) is 29.2 Å². The highest BCUT2D eigenvalue weighted by Gasteiger charge is 2.22. The molecule has 1 heterocycles. The van der Waals surface area contributed by atoms with Crippen molar-refractivity contribution >= 4 is 10.0 Å². The molecule has 2 rings (SSSR count). The molecular formula is C15H25N3O2S. The monoisotopic (exact) mass is 311 g/mol. The van der Waals surface area contributed by atoms with Crippen LogP contribution in [-0.2, 0) is 16.6 Å². The predicted octanol–water partition coefficient (Wildman–Crippen LogP) is 1.03. The van der Waals surface area contributed by atoms with E-state index in [-0.39, 0.29) is 0 Å². The summed E-state index contributed by atoms with van der Waals surface area (Å²) in [5.41, 5.74) is 1.09.